The van der Waals surface area contributed by atoms with Gasteiger partial charge in [0, 0.05) is 6.42 Å². The summed E-state index contributed by atoms with van der Waals surface area (Å²) >= 11 is 5.93. The standard InChI is InChI=1S/C14H12ClFO/c1-17-14-9-10(6-7-12(14)15)8-11-4-2-3-5-13(11)16/h2-7,9H,8H2,1H3. The van der Waals surface area contributed by atoms with E-state index in [4.69, 9.17) is 16.3 Å². The molecule has 2 aromatic carbocycles. The zero-order valence-electron chi connectivity index (χ0n) is 9.41. The number of benzene rings is 2. The van der Waals surface area contributed by atoms with Crippen LogP contribution in [0.25, 0.3) is 0 Å². The van der Waals surface area contributed by atoms with E-state index in [1.807, 2.05) is 18.2 Å². The van der Waals surface area contributed by atoms with Crippen LogP contribution < -0.4 is 4.74 Å². The molecule has 0 aliphatic heterocycles. The first-order chi connectivity index (χ1) is 8.20. The summed E-state index contributed by atoms with van der Waals surface area (Å²) in [5.41, 5.74) is 1.63. The van der Waals surface area contributed by atoms with Gasteiger partial charge in [0.2, 0.25) is 0 Å². The van der Waals surface area contributed by atoms with Gasteiger partial charge in [-0.1, -0.05) is 35.9 Å². The van der Waals surface area contributed by atoms with Crippen molar-refractivity contribution in [3.05, 3.63) is 64.4 Å². The zero-order chi connectivity index (χ0) is 12.3. The van der Waals surface area contributed by atoms with Crippen LogP contribution in [-0.2, 0) is 6.42 Å². The summed E-state index contributed by atoms with van der Waals surface area (Å²) in [6.07, 6.45) is 0.528. The van der Waals surface area contributed by atoms with E-state index < -0.39 is 0 Å². The second-order valence-electron chi connectivity index (χ2n) is 3.74. The minimum Gasteiger partial charge on any atom is -0.495 e. The molecule has 0 unspecified atom stereocenters. The monoisotopic (exact) mass is 250 g/mol. The van der Waals surface area contributed by atoms with E-state index in [9.17, 15) is 4.39 Å². The van der Waals surface area contributed by atoms with Crippen LogP contribution in [-0.4, -0.2) is 7.11 Å². The van der Waals surface area contributed by atoms with Crippen molar-refractivity contribution in [3.63, 3.8) is 0 Å². The summed E-state index contributed by atoms with van der Waals surface area (Å²) in [4.78, 5) is 0. The first-order valence-electron chi connectivity index (χ1n) is 5.26. The second-order valence-corrected chi connectivity index (χ2v) is 4.14. The third-order valence-electron chi connectivity index (χ3n) is 2.57. The number of methoxy groups -OCH3 is 1. The minimum absolute atomic E-state index is 0.193. The molecule has 17 heavy (non-hydrogen) atoms. The fourth-order valence-electron chi connectivity index (χ4n) is 1.68. The van der Waals surface area contributed by atoms with E-state index in [0.717, 1.165) is 5.56 Å². The molecule has 0 fully saturated rings. The molecule has 1 nitrogen and oxygen atoms in total. The number of halogens is 2. The lowest BCUT2D eigenvalue weighted by Crippen LogP contribution is -1.93. The Kier molecular flexibility index (Phi) is 3.64. The number of ether oxygens (including phenoxy) is 1. The van der Waals surface area contributed by atoms with Gasteiger partial charge in [-0.2, -0.15) is 0 Å². The highest BCUT2D eigenvalue weighted by atomic mass is 35.5. The van der Waals surface area contributed by atoms with Crippen LogP contribution in [0.3, 0.4) is 0 Å². The lowest BCUT2D eigenvalue weighted by atomic mass is 10.0. The Bertz CT molecular complexity index is 525. The van der Waals surface area contributed by atoms with E-state index >= 15 is 0 Å². The van der Waals surface area contributed by atoms with Gasteiger partial charge in [-0.15, -0.1) is 0 Å². The lowest BCUT2D eigenvalue weighted by Gasteiger charge is -2.07. The van der Waals surface area contributed by atoms with E-state index in [-0.39, 0.29) is 5.82 Å². The minimum atomic E-state index is -0.193. The maximum Gasteiger partial charge on any atom is 0.137 e. The predicted molar refractivity (Wildman–Crippen MR) is 67.2 cm³/mol. The Balaban J connectivity index is 2.28. The van der Waals surface area contributed by atoms with Gasteiger partial charge in [0.25, 0.3) is 0 Å². The fourth-order valence-corrected chi connectivity index (χ4v) is 1.87. The average molecular weight is 251 g/mol. The molecule has 0 heterocycles. The second kappa shape index (κ2) is 5.19. The molecule has 88 valence electrons. The van der Waals surface area contributed by atoms with Crippen LogP contribution in [0.4, 0.5) is 4.39 Å². The van der Waals surface area contributed by atoms with Crippen LogP contribution in [0.5, 0.6) is 5.75 Å². The molecule has 0 atom stereocenters. The van der Waals surface area contributed by atoms with Gasteiger partial charge in [0.15, 0.2) is 0 Å². The van der Waals surface area contributed by atoms with Gasteiger partial charge in [-0.25, -0.2) is 4.39 Å². The normalized spacial score (nSPS) is 10.3. The molecular weight excluding hydrogens is 239 g/mol. The van der Waals surface area contributed by atoms with Crippen LogP contribution in [0.1, 0.15) is 11.1 Å². The van der Waals surface area contributed by atoms with Crippen molar-refractivity contribution < 1.29 is 9.13 Å². The first kappa shape index (κ1) is 11.9. The third kappa shape index (κ3) is 2.77. The van der Waals surface area contributed by atoms with Crippen LogP contribution in [0, 0.1) is 5.82 Å². The molecular formula is C14H12ClFO. The Morgan fingerprint density at radius 1 is 1.18 bits per heavy atom. The van der Waals surface area contributed by atoms with Gasteiger partial charge in [0.1, 0.15) is 11.6 Å². The van der Waals surface area contributed by atoms with Crippen molar-refractivity contribution in [2.75, 3.05) is 7.11 Å². The smallest absolute Gasteiger partial charge is 0.137 e. The van der Waals surface area contributed by atoms with Crippen LogP contribution in [0.2, 0.25) is 5.02 Å². The highest BCUT2D eigenvalue weighted by Gasteiger charge is 2.05. The van der Waals surface area contributed by atoms with E-state index in [1.165, 1.54) is 6.07 Å². The molecule has 0 aliphatic rings. The summed E-state index contributed by atoms with van der Waals surface area (Å²) in [5.74, 6) is 0.418. The van der Waals surface area contributed by atoms with Crippen molar-refractivity contribution in [2.45, 2.75) is 6.42 Å². The average Bonchev–Trinajstić information content (AvgIpc) is 2.34. The lowest BCUT2D eigenvalue weighted by molar-refractivity contribution is 0.414. The van der Waals surface area contributed by atoms with Gasteiger partial charge in [-0.05, 0) is 29.3 Å². The Labute approximate surface area is 105 Å². The Hall–Kier alpha value is -1.54. The zero-order valence-corrected chi connectivity index (χ0v) is 10.2. The summed E-state index contributed by atoms with van der Waals surface area (Å²) in [6.45, 7) is 0. The van der Waals surface area contributed by atoms with E-state index in [2.05, 4.69) is 0 Å². The molecule has 0 amide bonds. The first-order valence-corrected chi connectivity index (χ1v) is 5.64. The molecule has 0 spiro atoms. The quantitative estimate of drug-likeness (QED) is 0.798. The summed E-state index contributed by atoms with van der Waals surface area (Å²) in [7, 11) is 1.56. The molecule has 0 saturated carbocycles. The largest absolute Gasteiger partial charge is 0.495 e. The summed E-state index contributed by atoms with van der Waals surface area (Å²) < 4.78 is 18.6. The molecule has 3 heteroatoms. The van der Waals surface area contributed by atoms with Crippen molar-refractivity contribution in [1.29, 1.82) is 0 Å². The maximum absolute atomic E-state index is 13.5. The topological polar surface area (TPSA) is 9.23 Å². The Morgan fingerprint density at radius 2 is 1.94 bits per heavy atom. The van der Waals surface area contributed by atoms with Gasteiger partial charge >= 0.3 is 0 Å². The number of hydrogen-bond donors (Lipinski definition) is 0. The van der Waals surface area contributed by atoms with Crippen molar-refractivity contribution in [2.24, 2.45) is 0 Å². The predicted octanol–water partition coefficient (Wildman–Crippen LogP) is 4.08. The summed E-state index contributed by atoms with van der Waals surface area (Å²) in [6, 6.07) is 12.2. The molecule has 0 saturated heterocycles. The maximum atomic E-state index is 13.5. The molecule has 0 aromatic heterocycles. The molecule has 2 rings (SSSR count). The van der Waals surface area contributed by atoms with Crippen LogP contribution >= 0.6 is 11.6 Å². The molecule has 0 N–H and O–H groups in total. The van der Waals surface area contributed by atoms with E-state index in [1.54, 1.807) is 25.3 Å². The van der Waals surface area contributed by atoms with E-state index in [0.29, 0.717) is 22.8 Å². The SMILES string of the molecule is COc1cc(Cc2ccccc2F)ccc1Cl. The molecule has 0 bridgehead atoms. The van der Waals surface area contributed by atoms with Crippen molar-refractivity contribution in [3.8, 4) is 5.75 Å². The Morgan fingerprint density at radius 3 is 2.65 bits per heavy atom. The highest BCUT2D eigenvalue weighted by Crippen LogP contribution is 2.26. The highest BCUT2D eigenvalue weighted by molar-refractivity contribution is 6.32. The third-order valence-corrected chi connectivity index (χ3v) is 2.88. The van der Waals surface area contributed by atoms with Crippen molar-refractivity contribution >= 4 is 11.6 Å². The summed E-state index contributed by atoms with van der Waals surface area (Å²) in [5, 5.41) is 0.560. The van der Waals surface area contributed by atoms with Crippen LogP contribution in [0.15, 0.2) is 42.5 Å². The van der Waals surface area contributed by atoms with Gasteiger partial charge < -0.3 is 4.74 Å². The van der Waals surface area contributed by atoms with Crippen molar-refractivity contribution in [1.82, 2.24) is 0 Å². The number of rotatable bonds is 3. The van der Waals surface area contributed by atoms with Gasteiger partial charge in [-0.3, -0.25) is 0 Å². The number of hydrogen-bond acceptors (Lipinski definition) is 1. The van der Waals surface area contributed by atoms with Gasteiger partial charge in [0.05, 0.1) is 12.1 Å². The molecule has 2 aromatic rings. The molecule has 0 radical (unpaired) electrons. The fraction of sp³-hybridized carbons (Fsp3) is 0.143. The molecule has 0 aliphatic carbocycles.